The van der Waals surface area contributed by atoms with Gasteiger partial charge in [0, 0.05) is 10.9 Å². The average molecular weight is 420 g/mol. The summed E-state index contributed by atoms with van der Waals surface area (Å²) in [6, 6.07) is 14.5. The highest BCUT2D eigenvalue weighted by Gasteiger charge is 2.24. The predicted octanol–water partition coefficient (Wildman–Crippen LogP) is 5.97. The van der Waals surface area contributed by atoms with E-state index in [9.17, 15) is 9.59 Å². The van der Waals surface area contributed by atoms with Crippen molar-refractivity contribution in [3.63, 3.8) is 0 Å². The van der Waals surface area contributed by atoms with Crippen LogP contribution in [0.2, 0.25) is 0 Å². The van der Waals surface area contributed by atoms with E-state index in [0.717, 1.165) is 16.5 Å². The first-order chi connectivity index (χ1) is 14.4. The quantitative estimate of drug-likeness (QED) is 0.227. The van der Waals surface area contributed by atoms with Crippen LogP contribution in [0.5, 0.6) is 0 Å². The summed E-state index contributed by atoms with van der Waals surface area (Å²) in [6.07, 6.45) is 0. The highest BCUT2D eigenvalue weighted by atomic mass is 16.7. The largest absolute Gasteiger partial charge is 0.422 e. The van der Waals surface area contributed by atoms with E-state index in [4.69, 9.17) is 9.25 Å². The predicted molar refractivity (Wildman–Crippen MR) is 124 cm³/mol. The van der Waals surface area contributed by atoms with Gasteiger partial charge >= 0.3 is 11.6 Å². The molecule has 0 aliphatic heterocycles. The Balaban J connectivity index is 2.08. The molecular weight excluding hydrogens is 390 g/mol. The summed E-state index contributed by atoms with van der Waals surface area (Å²) in [7, 11) is 0. The van der Waals surface area contributed by atoms with E-state index in [0.29, 0.717) is 11.1 Å². The lowest BCUT2D eigenvalue weighted by atomic mass is 9.79. The van der Waals surface area contributed by atoms with E-state index >= 15 is 0 Å². The number of hydrogen-bond donors (Lipinski definition) is 0. The molecule has 0 radical (unpaired) electrons. The van der Waals surface area contributed by atoms with Crippen molar-refractivity contribution in [3.05, 3.63) is 81.2 Å². The molecule has 3 rings (SSSR count). The van der Waals surface area contributed by atoms with Crippen LogP contribution in [0.25, 0.3) is 11.0 Å². The summed E-state index contributed by atoms with van der Waals surface area (Å²) in [5.41, 5.74) is 2.83. The minimum absolute atomic E-state index is 0.0706. The second-order valence-electron chi connectivity index (χ2n) is 9.81. The molecule has 1 heterocycles. The van der Waals surface area contributed by atoms with E-state index < -0.39 is 11.6 Å². The summed E-state index contributed by atoms with van der Waals surface area (Å²) in [6.45, 7) is 14.4. The smallest absolute Gasteiger partial charge is 0.365 e. The molecule has 0 aliphatic rings. The highest BCUT2D eigenvalue weighted by Crippen LogP contribution is 2.35. The first-order valence-corrected chi connectivity index (χ1v) is 10.3. The Labute approximate surface area is 182 Å². The van der Waals surface area contributed by atoms with E-state index in [-0.39, 0.29) is 22.1 Å². The fraction of sp³-hybridized carbons (Fsp3) is 0.346. The Morgan fingerprint density at radius 1 is 0.935 bits per heavy atom. The van der Waals surface area contributed by atoms with Crippen LogP contribution in [0.3, 0.4) is 0 Å². The number of benzene rings is 2. The Morgan fingerprint density at radius 2 is 1.58 bits per heavy atom. The fourth-order valence-corrected chi connectivity index (χ4v) is 3.26. The molecule has 2 aromatic carbocycles. The molecule has 0 aliphatic carbocycles. The van der Waals surface area contributed by atoms with Crippen molar-refractivity contribution in [2.75, 3.05) is 0 Å². The molecule has 0 spiro atoms. The van der Waals surface area contributed by atoms with Gasteiger partial charge in [0.25, 0.3) is 0 Å². The number of carbonyl (C=O) groups is 1. The molecule has 31 heavy (non-hydrogen) atoms. The van der Waals surface area contributed by atoms with Crippen LogP contribution >= 0.6 is 0 Å². The van der Waals surface area contributed by atoms with Crippen LogP contribution in [0, 0.1) is 0 Å². The van der Waals surface area contributed by atoms with Gasteiger partial charge in [-0.3, -0.25) is 0 Å². The van der Waals surface area contributed by atoms with Gasteiger partial charge in [0.05, 0.1) is 16.8 Å². The van der Waals surface area contributed by atoms with Crippen molar-refractivity contribution < 1.29 is 14.0 Å². The minimum atomic E-state index is -0.588. The molecule has 1 aromatic heterocycles. The third-order valence-corrected chi connectivity index (χ3v) is 5.17. The van der Waals surface area contributed by atoms with Gasteiger partial charge in [0.1, 0.15) is 5.58 Å². The lowest BCUT2D eigenvalue weighted by Crippen LogP contribution is -2.19. The highest BCUT2D eigenvalue weighted by molar-refractivity contribution is 6.01. The van der Waals surface area contributed by atoms with Gasteiger partial charge in [-0.2, -0.15) is 0 Å². The third kappa shape index (κ3) is 4.93. The Hall–Kier alpha value is -3.21. The van der Waals surface area contributed by atoms with E-state index in [2.05, 4.69) is 52.8 Å². The molecule has 0 bridgehead atoms. The van der Waals surface area contributed by atoms with Crippen LogP contribution in [0.15, 0.2) is 62.9 Å². The van der Waals surface area contributed by atoms with Gasteiger partial charge in [0.2, 0.25) is 0 Å². The normalized spacial score (nSPS) is 12.8. The van der Waals surface area contributed by atoms with Gasteiger partial charge in [-0.1, -0.05) is 71.0 Å². The first-order valence-electron chi connectivity index (χ1n) is 10.3. The number of hydrogen-bond acceptors (Lipinski definition) is 5. The Morgan fingerprint density at radius 3 is 2.16 bits per heavy atom. The lowest BCUT2D eigenvalue weighted by molar-refractivity contribution is 0.0516. The molecule has 0 saturated carbocycles. The first kappa shape index (κ1) is 22.5. The number of carbonyl (C=O) groups excluding carboxylic acids is 1. The third-order valence-electron chi connectivity index (χ3n) is 5.17. The Kier molecular flexibility index (Phi) is 5.90. The summed E-state index contributed by atoms with van der Waals surface area (Å²) in [5.74, 6) is -0.588. The lowest BCUT2D eigenvalue weighted by Gasteiger charge is -2.26. The van der Waals surface area contributed by atoms with Crippen LogP contribution in [-0.4, -0.2) is 11.7 Å². The topological polar surface area (TPSA) is 68.9 Å². The second kappa shape index (κ2) is 8.14. The van der Waals surface area contributed by atoms with Crippen molar-refractivity contribution >= 4 is 22.7 Å². The molecule has 0 fully saturated rings. The number of fused-ring (bicyclic) bond motifs is 1. The van der Waals surface area contributed by atoms with Crippen LogP contribution < -0.4 is 5.63 Å². The summed E-state index contributed by atoms with van der Waals surface area (Å²) in [5, 5.41) is 4.70. The van der Waals surface area contributed by atoms with Crippen molar-refractivity contribution in [3.8, 4) is 0 Å². The van der Waals surface area contributed by atoms with Gasteiger partial charge in [-0.15, -0.1) is 0 Å². The number of oxime groups is 1. The molecule has 162 valence electrons. The van der Waals surface area contributed by atoms with Crippen LogP contribution in [0.1, 0.15) is 75.5 Å². The van der Waals surface area contributed by atoms with E-state index in [1.807, 2.05) is 12.1 Å². The van der Waals surface area contributed by atoms with Crippen molar-refractivity contribution in [2.24, 2.45) is 5.16 Å². The number of nitrogens with zero attached hydrogens (tertiary/aromatic N) is 1. The molecule has 3 aromatic rings. The van der Waals surface area contributed by atoms with Crippen molar-refractivity contribution in [1.29, 1.82) is 0 Å². The van der Waals surface area contributed by atoms with Crippen LogP contribution in [0.4, 0.5) is 0 Å². The fourth-order valence-electron chi connectivity index (χ4n) is 3.26. The van der Waals surface area contributed by atoms with Crippen molar-refractivity contribution in [2.45, 2.75) is 59.3 Å². The van der Waals surface area contributed by atoms with Gasteiger partial charge in [-0.25, -0.2) is 9.59 Å². The van der Waals surface area contributed by atoms with E-state index in [1.54, 1.807) is 37.3 Å². The molecule has 0 unspecified atom stereocenters. The van der Waals surface area contributed by atoms with E-state index in [1.165, 1.54) is 0 Å². The standard InChI is InChI=1S/C26H29NO4/c1-16(27-31-23(28)17-11-9-8-10-12-17)20-14-18-13-19(25(2,3)4)15-21(26(5,6)7)22(18)30-24(20)29/h8-15H,1-7H3/b27-16+. The van der Waals surface area contributed by atoms with Crippen LogP contribution in [-0.2, 0) is 15.7 Å². The number of rotatable bonds is 3. The monoisotopic (exact) mass is 419 g/mol. The molecule has 5 heteroatoms. The van der Waals surface area contributed by atoms with Gasteiger partial charge in [-0.05, 0) is 47.6 Å². The second-order valence-corrected chi connectivity index (χ2v) is 9.81. The average Bonchev–Trinajstić information content (AvgIpc) is 2.69. The molecule has 5 nitrogen and oxygen atoms in total. The molecule has 0 atom stereocenters. The summed E-state index contributed by atoms with van der Waals surface area (Å²) >= 11 is 0. The molecule has 0 N–H and O–H groups in total. The molecular formula is C26H29NO4. The van der Waals surface area contributed by atoms with Crippen molar-refractivity contribution in [1.82, 2.24) is 0 Å². The maximum absolute atomic E-state index is 12.8. The zero-order valence-corrected chi connectivity index (χ0v) is 19.2. The maximum Gasteiger partial charge on any atom is 0.365 e. The maximum atomic E-state index is 12.8. The van der Waals surface area contributed by atoms with Gasteiger partial charge in [0.15, 0.2) is 0 Å². The zero-order chi connectivity index (χ0) is 23.0. The summed E-state index contributed by atoms with van der Waals surface area (Å²) < 4.78 is 5.75. The molecule has 0 saturated heterocycles. The molecule has 0 amide bonds. The Bertz CT molecular complexity index is 1210. The van der Waals surface area contributed by atoms with Gasteiger partial charge < -0.3 is 9.25 Å². The summed E-state index contributed by atoms with van der Waals surface area (Å²) in [4.78, 5) is 30.0. The SMILES string of the molecule is C/C(=N\OC(=O)c1ccccc1)c1cc2cc(C(C)(C)C)cc(C(C)(C)C)c2oc1=O. The zero-order valence-electron chi connectivity index (χ0n) is 19.2. The minimum Gasteiger partial charge on any atom is -0.422 e.